The fourth-order valence-electron chi connectivity index (χ4n) is 4.93. The summed E-state index contributed by atoms with van der Waals surface area (Å²) < 4.78 is 45.7. The maximum atomic E-state index is 13.4. The van der Waals surface area contributed by atoms with Crippen LogP contribution in [0, 0.1) is 6.57 Å². The molecule has 35 heavy (non-hydrogen) atoms. The van der Waals surface area contributed by atoms with Gasteiger partial charge < -0.3 is 14.5 Å². The molecule has 180 valence electrons. The number of carbonyl (C=O) groups is 3. The quantitative estimate of drug-likeness (QED) is 0.464. The molecule has 2 unspecified atom stereocenters. The number of hydrogen-bond donors (Lipinski definition) is 0. The Bertz CT molecular complexity index is 1280. The molecule has 0 radical (unpaired) electrons. The molecule has 0 aromatic heterocycles. The number of benzene rings is 2. The molecule has 0 saturated carbocycles. The van der Waals surface area contributed by atoms with Crippen LogP contribution in [0.1, 0.15) is 12.0 Å². The molecule has 0 N–H and O–H groups in total. The summed E-state index contributed by atoms with van der Waals surface area (Å²) in [5.74, 6) is -0.635. The summed E-state index contributed by atoms with van der Waals surface area (Å²) in [6.07, 6.45) is -4.43. The van der Waals surface area contributed by atoms with E-state index in [9.17, 15) is 27.6 Å². The van der Waals surface area contributed by atoms with E-state index in [4.69, 9.17) is 22.9 Å². The fraction of sp³-hybridized carbons (Fsp3) is 0.304. The topological polar surface area (TPSA) is 74.5 Å². The molecule has 4 amide bonds. The summed E-state index contributed by atoms with van der Waals surface area (Å²) in [6, 6.07) is 6.40. The van der Waals surface area contributed by atoms with Crippen molar-refractivity contribution in [1.82, 2.24) is 9.80 Å². The molecule has 3 saturated heterocycles. The summed E-state index contributed by atoms with van der Waals surface area (Å²) >= 11 is 5.83. The second-order valence-corrected chi connectivity index (χ2v) is 8.80. The highest BCUT2D eigenvalue weighted by Crippen LogP contribution is 2.44. The van der Waals surface area contributed by atoms with Crippen molar-refractivity contribution in [2.45, 2.75) is 30.7 Å². The number of amides is 4. The highest BCUT2D eigenvalue weighted by atomic mass is 35.5. The van der Waals surface area contributed by atoms with Gasteiger partial charge in [0.15, 0.2) is 12.3 Å². The second-order valence-electron chi connectivity index (χ2n) is 8.36. The van der Waals surface area contributed by atoms with Gasteiger partial charge in [0, 0.05) is 11.6 Å². The minimum Gasteiger partial charge on any atom is -0.484 e. The molecule has 5 rings (SSSR count). The number of imide groups is 1. The Labute approximate surface area is 202 Å². The van der Waals surface area contributed by atoms with Crippen molar-refractivity contribution >= 4 is 40.8 Å². The smallest absolute Gasteiger partial charge is 0.407 e. The van der Waals surface area contributed by atoms with E-state index in [1.54, 1.807) is 24.3 Å². The first-order valence-electron chi connectivity index (χ1n) is 10.5. The number of ether oxygens (including phenoxy) is 1. The number of halogens is 4. The average Bonchev–Trinajstić information content (AvgIpc) is 3.49. The number of alkyl halides is 3. The number of fused-ring (bicyclic) bond motifs is 5. The van der Waals surface area contributed by atoms with Crippen molar-refractivity contribution in [2.24, 2.45) is 0 Å². The molecule has 2 bridgehead atoms. The Morgan fingerprint density at radius 2 is 1.89 bits per heavy atom. The molecule has 2 aromatic carbocycles. The van der Waals surface area contributed by atoms with Crippen LogP contribution in [0.25, 0.3) is 4.85 Å². The monoisotopic (exact) mass is 504 g/mol. The Balaban J connectivity index is 1.35. The third kappa shape index (κ3) is 3.74. The number of urea groups is 1. The van der Waals surface area contributed by atoms with Gasteiger partial charge in [-0.2, -0.15) is 13.2 Å². The zero-order chi connectivity index (χ0) is 25.1. The van der Waals surface area contributed by atoms with Gasteiger partial charge in [-0.3, -0.25) is 9.59 Å². The first-order valence-corrected chi connectivity index (χ1v) is 10.9. The van der Waals surface area contributed by atoms with Gasteiger partial charge in [-0.15, -0.1) is 0 Å². The first-order chi connectivity index (χ1) is 16.6. The number of likely N-dealkylation sites (tertiary alicyclic amines) is 1. The van der Waals surface area contributed by atoms with Gasteiger partial charge in [0.1, 0.15) is 11.8 Å². The molecule has 0 spiro atoms. The van der Waals surface area contributed by atoms with Gasteiger partial charge in [0.05, 0.1) is 29.9 Å². The maximum Gasteiger partial charge on any atom is 0.407 e. The van der Waals surface area contributed by atoms with Crippen LogP contribution >= 0.6 is 11.6 Å². The van der Waals surface area contributed by atoms with E-state index in [0.717, 1.165) is 12.1 Å². The number of anilines is 1. The van der Waals surface area contributed by atoms with E-state index in [1.165, 1.54) is 9.80 Å². The molecule has 3 aliphatic rings. The largest absolute Gasteiger partial charge is 0.484 e. The van der Waals surface area contributed by atoms with E-state index in [2.05, 4.69) is 4.85 Å². The van der Waals surface area contributed by atoms with Gasteiger partial charge in [-0.05, 0) is 42.8 Å². The lowest BCUT2D eigenvalue weighted by Crippen LogP contribution is -2.55. The van der Waals surface area contributed by atoms with Crippen molar-refractivity contribution in [1.29, 1.82) is 0 Å². The highest BCUT2D eigenvalue weighted by Gasteiger charge is 2.63. The Kier molecular flexibility index (Phi) is 5.36. The molecular weight excluding hydrogens is 489 g/mol. The third-order valence-corrected chi connectivity index (χ3v) is 6.68. The van der Waals surface area contributed by atoms with Crippen LogP contribution in [0.2, 0.25) is 5.02 Å². The van der Waals surface area contributed by atoms with E-state index < -0.39 is 47.5 Å². The normalized spacial score (nSPS) is 23.1. The number of hydrogen-bond acceptors (Lipinski definition) is 4. The predicted molar refractivity (Wildman–Crippen MR) is 117 cm³/mol. The zero-order valence-corrected chi connectivity index (χ0v) is 18.6. The lowest BCUT2D eigenvalue weighted by Gasteiger charge is -2.34. The summed E-state index contributed by atoms with van der Waals surface area (Å²) in [4.78, 5) is 45.5. The lowest BCUT2D eigenvalue weighted by atomic mass is 10.1. The zero-order valence-electron chi connectivity index (χ0n) is 17.8. The van der Waals surface area contributed by atoms with Gasteiger partial charge >= 0.3 is 12.2 Å². The summed E-state index contributed by atoms with van der Waals surface area (Å²) in [5.41, 5.74) is -2.12. The van der Waals surface area contributed by atoms with E-state index in [0.29, 0.717) is 28.2 Å². The molecule has 3 heterocycles. The highest BCUT2D eigenvalue weighted by molar-refractivity contribution is 6.30. The van der Waals surface area contributed by atoms with Crippen molar-refractivity contribution in [3.63, 3.8) is 0 Å². The van der Waals surface area contributed by atoms with Gasteiger partial charge in [-0.25, -0.2) is 14.5 Å². The number of nitrogens with zero attached hydrogens (tertiary/aromatic N) is 4. The second kappa shape index (κ2) is 8.16. The standard InChI is InChI=1S/C23H16ClF3N4O4/c1-28-17-7-4-13(8-16(17)23(25,26)27)31-21(33)20-18-9-14(30(20)22(31)34)10-29(18)19(32)11-35-15-5-2-12(24)3-6-15/h2-8,14,18,20H,9-11H2/t14?,18?,20-/m1/s1. The van der Waals surface area contributed by atoms with Crippen LogP contribution in [0.3, 0.4) is 0 Å². The maximum absolute atomic E-state index is 13.4. The molecule has 2 aromatic rings. The minimum absolute atomic E-state index is 0.196. The van der Waals surface area contributed by atoms with Crippen LogP contribution in [-0.4, -0.2) is 58.9 Å². The van der Waals surface area contributed by atoms with E-state index in [1.807, 2.05) is 0 Å². The summed E-state index contributed by atoms with van der Waals surface area (Å²) in [6.45, 7) is 6.88. The van der Waals surface area contributed by atoms with Gasteiger partial charge in [-0.1, -0.05) is 17.7 Å². The van der Waals surface area contributed by atoms with Crippen molar-refractivity contribution in [3.8, 4) is 5.75 Å². The van der Waals surface area contributed by atoms with Crippen LogP contribution in [0.5, 0.6) is 5.75 Å². The molecule has 3 fully saturated rings. The van der Waals surface area contributed by atoms with Crippen molar-refractivity contribution < 1.29 is 32.3 Å². The van der Waals surface area contributed by atoms with Crippen molar-refractivity contribution in [2.75, 3.05) is 18.1 Å². The van der Waals surface area contributed by atoms with Crippen LogP contribution in [0.15, 0.2) is 42.5 Å². The predicted octanol–water partition coefficient (Wildman–Crippen LogP) is 4.11. The number of piperazine rings is 1. The van der Waals surface area contributed by atoms with E-state index >= 15 is 0 Å². The molecule has 0 aliphatic carbocycles. The molecule has 12 heteroatoms. The SMILES string of the molecule is [C-]#[N+]c1ccc(N2C(=O)[C@H]3C4CC(CN4C(=O)COc4ccc(Cl)cc4)N3C2=O)cc1C(F)(F)F. The van der Waals surface area contributed by atoms with Gasteiger partial charge in [0.25, 0.3) is 11.8 Å². The Morgan fingerprint density at radius 3 is 2.54 bits per heavy atom. The van der Waals surface area contributed by atoms with Crippen LogP contribution < -0.4 is 9.64 Å². The fourth-order valence-corrected chi connectivity index (χ4v) is 5.05. The summed E-state index contributed by atoms with van der Waals surface area (Å²) in [7, 11) is 0. The Hall–Kier alpha value is -3.78. The minimum atomic E-state index is -4.83. The van der Waals surface area contributed by atoms with Crippen LogP contribution in [0.4, 0.5) is 29.3 Å². The third-order valence-electron chi connectivity index (χ3n) is 6.42. The van der Waals surface area contributed by atoms with Gasteiger partial charge in [0.2, 0.25) is 0 Å². The van der Waals surface area contributed by atoms with Crippen molar-refractivity contribution in [3.05, 3.63) is 64.5 Å². The molecule has 8 nitrogen and oxygen atoms in total. The Morgan fingerprint density at radius 1 is 1.17 bits per heavy atom. The van der Waals surface area contributed by atoms with Crippen LogP contribution in [-0.2, 0) is 15.8 Å². The molecule has 3 atom stereocenters. The summed E-state index contributed by atoms with van der Waals surface area (Å²) in [5, 5.41) is 0.515. The van der Waals surface area contributed by atoms with E-state index in [-0.39, 0.29) is 24.7 Å². The molecular formula is C23H16ClF3N4O4. The average molecular weight is 505 g/mol. The molecule has 3 aliphatic heterocycles. The number of carbonyl (C=O) groups excluding carboxylic acids is 3. The first kappa shape index (κ1) is 23.0. The number of rotatable bonds is 4. The lowest BCUT2D eigenvalue weighted by molar-refractivity contribution is -0.138.